The van der Waals surface area contributed by atoms with Gasteiger partial charge in [-0.25, -0.2) is 0 Å². The zero-order valence-electron chi connectivity index (χ0n) is 11.7. The number of rotatable bonds is 5. The van der Waals surface area contributed by atoms with Gasteiger partial charge in [-0.2, -0.15) is 5.10 Å². The van der Waals surface area contributed by atoms with E-state index in [9.17, 15) is 4.79 Å². The summed E-state index contributed by atoms with van der Waals surface area (Å²) in [6.45, 7) is 11.4. The molecule has 0 aliphatic carbocycles. The fraction of sp³-hybridized carbons (Fsp3) is 0.692. The largest absolute Gasteiger partial charge is 0.354 e. The monoisotopic (exact) mass is 237 g/mol. The van der Waals surface area contributed by atoms with Crippen molar-refractivity contribution in [1.82, 2.24) is 9.78 Å². The highest BCUT2D eigenvalue weighted by atomic mass is 16.1. The Labute approximate surface area is 104 Å². The molecule has 17 heavy (non-hydrogen) atoms. The summed E-state index contributed by atoms with van der Waals surface area (Å²) in [5, 5.41) is 4.34. The van der Waals surface area contributed by atoms with Crippen LogP contribution in [0.4, 0.5) is 5.82 Å². The molecule has 0 spiro atoms. The van der Waals surface area contributed by atoms with Crippen molar-refractivity contribution in [3.63, 3.8) is 0 Å². The average Bonchev–Trinajstić information content (AvgIpc) is 2.48. The van der Waals surface area contributed by atoms with E-state index >= 15 is 0 Å². The molecule has 0 unspecified atom stereocenters. The van der Waals surface area contributed by atoms with E-state index in [4.69, 9.17) is 0 Å². The molecule has 0 saturated carbocycles. The normalized spacial score (nSPS) is 11.3. The lowest BCUT2D eigenvalue weighted by molar-refractivity contribution is 0.112. The topological polar surface area (TPSA) is 38.1 Å². The number of nitrogens with zero attached hydrogens (tertiary/aromatic N) is 3. The lowest BCUT2D eigenvalue weighted by Gasteiger charge is -2.30. The number of aromatic nitrogens is 2. The molecule has 1 aromatic heterocycles. The lowest BCUT2D eigenvalue weighted by atomic mass is 10.1. The van der Waals surface area contributed by atoms with Crippen molar-refractivity contribution in [3.8, 4) is 0 Å². The zero-order valence-corrected chi connectivity index (χ0v) is 11.7. The highest BCUT2D eigenvalue weighted by Crippen LogP contribution is 2.24. The first kappa shape index (κ1) is 13.7. The van der Waals surface area contributed by atoms with Crippen LogP contribution >= 0.6 is 0 Å². The Hall–Kier alpha value is -1.32. The Kier molecular flexibility index (Phi) is 4.32. The van der Waals surface area contributed by atoms with Crippen molar-refractivity contribution in [2.45, 2.75) is 40.7 Å². The molecule has 0 aliphatic rings. The number of aryl methyl sites for hydroxylation is 2. The number of hydrogen-bond donors (Lipinski definition) is 0. The van der Waals surface area contributed by atoms with Crippen molar-refractivity contribution < 1.29 is 4.79 Å². The molecular formula is C13H23N3O. The van der Waals surface area contributed by atoms with E-state index < -0.39 is 0 Å². The van der Waals surface area contributed by atoms with E-state index in [1.54, 1.807) is 4.68 Å². The molecule has 1 rings (SSSR count). The third kappa shape index (κ3) is 2.87. The van der Waals surface area contributed by atoms with Crippen LogP contribution in [-0.2, 0) is 7.05 Å². The van der Waals surface area contributed by atoms with Crippen molar-refractivity contribution in [2.24, 2.45) is 13.0 Å². The minimum absolute atomic E-state index is 0.353. The standard InChI is InChI=1S/C13H23N3O/c1-9(2)7-16(10(3)4)13-12(8-17)11(5)14-15(13)6/h8-10H,7H2,1-6H3. The minimum atomic E-state index is 0.353. The van der Waals surface area contributed by atoms with Gasteiger partial charge in [-0.05, 0) is 26.7 Å². The summed E-state index contributed by atoms with van der Waals surface area (Å²) in [6.07, 6.45) is 0.910. The van der Waals surface area contributed by atoms with Gasteiger partial charge in [0.2, 0.25) is 0 Å². The van der Waals surface area contributed by atoms with Crippen molar-refractivity contribution in [3.05, 3.63) is 11.3 Å². The fourth-order valence-electron chi connectivity index (χ4n) is 2.08. The molecule has 1 aromatic rings. The van der Waals surface area contributed by atoms with Gasteiger partial charge in [-0.15, -0.1) is 0 Å². The van der Waals surface area contributed by atoms with Crippen LogP contribution in [0.1, 0.15) is 43.7 Å². The van der Waals surface area contributed by atoms with Crippen LogP contribution in [0.2, 0.25) is 0 Å². The van der Waals surface area contributed by atoms with Gasteiger partial charge in [0.25, 0.3) is 0 Å². The molecule has 96 valence electrons. The number of carbonyl (C=O) groups is 1. The third-order valence-electron chi connectivity index (χ3n) is 2.81. The second kappa shape index (κ2) is 5.34. The number of carbonyl (C=O) groups excluding carboxylic acids is 1. The van der Waals surface area contributed by atoms with Gasteiger partial charge in [0.15, 0.2) is 6.29 Å². The van der Waals surface area contributed by atoms with Gasteiger partial charge >= 0.3 is 0 Å². The average molecular weight is 237 g/mol. The highest BCUT2D eigenvalue weighted by molar-refractivity contribution is 5.84. The summed E-state index contributed by atoms with van der Waals surface area (Å²) in [4.78, 5) is 13.4. The number of hydrogen-bond acceptors (Lipinski definition) is 3. The maximum absolute atomic E-state index is 11.2. The minimum Gasteiger partial charge on any atom is -0.354 e. The van der Waals surface area contributed by atoms with E-state index in [0.29, 0.717) is 17.5 Å². The van der Waals surface area contributed by atoms with Crippen LogP contribution in [0, 0.1) is 12.8 Å². The molecule has 4 heteroatoms. The second-order valence-electron chi connectivity index (χ2n) is 5.20. The summed E-state index contributed by atoms with van der Waals surface area (Å²) < 4.78 is 1.81. The Morgan fingerprint density at radius 3 is 2.35 bits per heavy atom. The molecule has 0 atom stereocenters. The first-order valence-electron chi connectivity index (χ1n) is 6.13. The Morgan fingerprint density at radius 1 is 1.35 bits per heavy atom. The molecule has 0 aromatic carbocycles. The first-order chi connectivity index (χ1) is 7.88. The fourth-order valence-corrected chi connectivity index (χ4v) is 2.08. The Bertz CT molecular complexity index is 394. The van der Waals surface area contributed by atoms with Crippen LogP contribution in [0.15, 0.2) is 0 Å². The van der Waals surface area contributed by atoms with Gasteiger partial charge < -0.3 is 4.90 Å². The zero-order chi connectivity index (χ0) is 13.2. The van der Waals surface area contributed by atoms with Crippen LogP contribution in [0.3, 0.4) is 0 Å². The molecular weight excluding hydrogens is 214 g/mol. The van der Waals surface area contributed by atoms with Gasteiger partial charge in [0, 0.05) is 19.6 Å². The van der Waals surface area contributed by atoms with Crippen molar-refractivity contribution >= 4 is 12.1 Å². The molecule has 0 fully saturated rings. The van der Waals surface area contributed by atoms with E-state index in [-0.39, 0.29) is 0 Å². The second-order valence-corrected chi connectivity index (χ2v) is 5.20. The predicted octanol–water partition coefficient (Wildman–Crippen LogP) is 2.41. The highest BCUT2D eigenvalue weighted by Gasteiger charge is 2.21. The maximum Gasteiger partial charge on any atom is 0.155 e. The van der Waals surface area contributed by atoms with E-state index in [1.807, 2.05) is 14.0 Å². The summed E-state index contributed by atoms with van der Waals surface area (Å²) in [5.74, 6) is 1.48. The van der Waals surface area contributed by atoms with Crippen molar-refractivity contribution in [1.29, 1.82) is 0 Å². The van der Waals surface area contributed by atoms with Crippen LogP contribution < -0.4 is 4.90 Å². The van der Waals surface area contributed by atoms with Gasteiger partial charge in [-0.3, -0.25) is 9.48 Å². The molecule has 0 aliphatic heterocycles. The SMILES string of the molecule is Cc1nn(C)c(N(CC(C)C)C(C)C)c1C=O. The van der Waals surface area contributed by atoms with E-state index in [0.717, 1.165) is 24.3 Å². The third-order valence-corrected chi connectivity index (χ3v) is 2.81. The smallest absolute Gasteiger partial charge is 0.155 e. The van der Waals surface area contributed by atoms with Crippen LogP contribution in [0.5, 0.6) is 0 Å². The number of aldehydes is 1. The van der Waals surface area contributed by atoms with Crippen LogP contribution in [0.25, 0.3) is 0 Å². The van der Waals surface area contributed by atoms with E-state index in [1.165, 1.54) is 0 Å². The quantitative estimate of drug-likeness (QED) is 0.738. The van der Waals surface area contributed by atoms with Crippen molar-refractivity contribution in [2.75, 3.05) is 11.4 Å². The van der Waals surface area contributed by atoms with Gasteiger partial charge in [-0.1, -0.05) is 13.8 Å². The maximum atomic E-state index is 11.2. The molecule has 0 bridgehead atoms. The molecule has 1 heterocycles. The van der Waals surface area contributed by atoms with Gasteiger partial charge in [0.1, 0.15) is 5.82 Å². The first-order valence-corrected chi connectivity index (χ1v) is 6.13. The van der Waals surface area contributed by atoms with Gasteiger partial charge in [0.05, 0.1) is 11.3 Å². The molecule has 0 saturated heterocycles. The summed E-state index contributed by atoms with van der Waals surface area (Å²) in [5.41, 5.74) is 1.51. The summed E-state index contributed by atoms with van der Waals surface area (Å²) >= 11 is 0. The Balaban J connectivity index is 3.22. The molecule has 0 radical (unpaired) electrons. The van der Waals surface area contributed by atoms with Crippen LogP contribution in [-0.4, -0.2) is 28.7 Å². The molecule has 4 nitrogen and oxygen atoms in total. The molecule has 0 amide bonds. The molecule has 0 N–H and O–H groups in total. The number of anilines is 1. The predicted molar refractivity (Wildman–Crippen MR) is 70.7 cm³/mol. The summed E-state index contributed by atoms with van der Waals surface area (Å²) in [7, 11) is 1.89. The van der Waals surface area contributed by atoms with E-state index in [2.05, 4.69) is 37.7 Å². The summed E-state index contributed by atoms with van der Waals surface area (Å²) in [6, 6.07) is 0.353. The lowest BCUT2D eigenvalue weighted by Crippen LogP contribution is -2.36. The Morgan fingerprint density at radius 2 is 1.94 bits per heavy atom.